The number of carbonyl (C=O) groups is 2. The highest BCUT2D eigenvalue weighted by atomic mass is 16.2. The fraction of sp³-hybridized carbons (Fsp3) is 0.154. The molecular formula is C13H14N4O2. The maximum Gasteiger partial charge on any atom is 0.282 e. The van der Waals surface area contributed by atoms with Crippen molar-refractivity contribution in [3.8, 4) is 0 Å². The van der Waals surface area contributed by atoms with E-state index in [0.29, 0.717) is 23.4 Å². The number of amides is 2. The Morgan fingerprint density at radius 1 is 1.32 bits per heavy atom. The number of nitrogens with zero attached hydrogens (tertiary/aromatic N) is 3. The highest BCUT2D eigenvalue weighted by Gasteiger charge is 2.28. The lowest BCUT2D eigenvalue weighted by Gasteiger charge is -2.13. The summed E-state index contributed by atoms with van der Waals surface area (Å²) in [6.07, 6.45) is 2.08. The van der Waals surface area contributed by atoms with Crippen LogP contribution in [0.4, 0.5) is 5.69 Å². The number of nitrogens with one attached hydrogen (secondary N) is 1. The molecule has 1 aliphatic heterocycles. The van der Waals surface area contributed by atoms with E-state index < -0.39 is 0 Å². The average Bonchev–Trinajstić information content (AvgIpc) is 2.68. The van der Waals surface area contributed by atoms with Gasteiger partial charge in [-0.3, -0.25) is 20.0 Å². The molecule has 1 heterocycles. The van der Waals surface area contributed by atoms with Crippen molar-refractivity contribution >= 4 is 23.7 Å². The molecule has 1 aliphatic rings. The third kappa shape index (κ3) is 2.62. The molecule has 2 rings (SSSR count). The van der Waals surface area contributed by atoms with Gasteiger partial charge in [-0.1, -0.05) is 18.2 Å². The van der Waals surface area contributed by atoms with Crippen molar-refractivity contribution in [2.75, 3.05) is 12.1 Å². The van der Waals surface area contributed by atoms with Gasteiger partial charge in [-0.05, 0) is 19.1 Å². The molecule has 1 aromatic carbocycles. The Hall–Kier alpha value is -2.63. The van der Waals surface area contributed by atoms with Gasteiger partial charge in [-0.25, -0.2) is 0 Å². The van der Waals surface area contributed by atoms with E-state index in [2.05, 4.69) is 10.5 Å². The van der Waals surface area contributed by atoms with Gasteiger partial charge >= 0.3 is 0 Å². The van der Waals surface area contributed by atoms with E-state index in [4.69, 9.17) is 0 Å². The first-order chi connectivity index (χ1) is 9.13. The molecule has 0 spiro atoms. The second-order valence-electron chi connectivity index (χ2n) is 4.04. The number of hydrazone groups is 1. The van der Waals surface area contributed by atoms with Crippen molar-refractivity contribution in [1.82, 2.24) is 10.4 Å². The van der Waals surface area contributed by atoms with Crippen LogP contribution in [-0.2, 0) is 9.59 Å². The standard InChI is InChI=1S/C13H14N4O2/c1-10-12(8-16(2)14-9-18)13(19)17(15-10)11-6-4-3-5-7-11/h3-9H,1-2H3,(H,14,18)/b12-8-. The maximum absolute atomic E-state index is 12.3. The van der Waals surface area contributed by atoms with E-state index in [1.54, 1.807) is 20.2 Å². The zero-order valence-electron chi connectivity index (χ0n) is 10.7. The molecule has 1 aromatic rings. The van der Waals surface area contributed by atoms with Gasteiger partial charge in [0, 0.05) is 13.2 Å². The van der Waals surface area contributed by atoms with Crippen molar-refractivity contribution in [2.24, 2.45) is 5.10 Å². The predicted molar refractivity (Wildman–Crippen MR) is 72.1 cm³/mol. The monoisotopic (exact) mass is 258 g/mol. The molecule has 2 amide bonds. The summed E-state index contributed by atoms with van der Waals surface area (Å²) in [5, 5.41) is 6.98. The van der Waals surface area contributed by atoms with Gasteiger partial charge in [0.2, 0.25) is 6.41 Å². The highest BCUT2D eigenvalue weighted by molar-refractivity contribution is 6.29. The summed E-state index contributed by atoms with van der Waals surface area (Å²) in [6, 6.07) is 9.18. The minimum Gasteiger partial charge on any atom is -0.295 e. The van der Waals surface area contributed by atoms with Crippen molar-refractivity contribution in [2.45, 2.75) is 6.92 Å². The van der Waals surface area contributed by atoms with Crippen LogP contribution in [0.1, 0.15) is 6.92 Å². The molecule has 0 aromatic heterocycles. The molecule has 0 radical (unpaired) electrons. The summed E-state index contributed by atoms with van der Waals surface area (Å²) < 4.78 is 0. The summed E-state index contributed by atoms with van der Waals surface area (Å²) >= 11 is 0. The lowest BCUT2D eigenvalue weighted by Crippen LogP contribution is -2.30. The predicted octanol–water partition coefficient (Wildman–Crippen LogP) is 0.886. The van der Waals surface area contributed by atoms with Gasteiger partial charge in [0.05, 0.1) is 17.0 Å². The number of anilines is 1. The van der Waals surface area contributed by atoms with Crippen LogP contribution >= 0.6 is 0 Å². The van der Waals surface area contributed by atoms with Crippen LogP contribution in [0.25, 0.3) is 0 Å². The lowest BCUT2D eigenvalue weighted by molar-refractivity contribution is -0.115. The number of hydrogen-bond donors (Lipinski definition) is 1. The molecular weight excluding hydrogens is 244 g/mol. The Balaban J connectivity index is 2.26. The van der Waals surface area contributed by atoms with E-state index >= 15 is 0 Å². The van der Waals surface area contributed by atoms with Crippen LogP contribution in [0, 0.1) is 0 Å². The van der Waals surface area contributed by atoms with Gasteiger partial charge in [-0.15, -0.1) is 0 Å². The average molecular weight is 258 g/mol. The molecule has 0 atom stereocenters. The number of carbonyl (C=O) groups excluding carboxylic acids is 2. The second-order valence-corrected chi connectivity index (χ2v) is 4.04. The minimum absolute atomic E-state index is 0.219. The smallest absolute Gasteiger partial charge is 0.282 e. The maximum atomic E-state index is 12.3. The topological polar surface area (TPSA) is 65.0 Å². The zero-order valence-corrected chi connectivity index (χ0v) is 10.7. The molecule has 19 heavy (non-hydrogen) atoms. The van der Waals surface area contributed by atoms with Gasteiger partial charge in [0.25, 0.3) is 5.91 Å². The van der Waals surface area contributed by atoms with Crippen molar-refractivity contribution in [3.05, 3.63) is 42.1 Å². The zero-order chi connectivity index (χ0) is 13.8. The molecule has 0 saturated carbocycles. The third-order valence-electron chi connectivity index (χ3n) is 2.64. The summed E-state index contributed by atoms with van der Waals surface area (Å²) in [6.45, 7) is 1.75. The molecule has 0 aliphatic carbocycles. The summed E-state index contributed by atoms with van der Waals surface area (Å²) in [7, 11) is 1.63. The van der Waals surface area contributed by atoms with Crippen molar-refractivity contribution in [3.63, 3.8) is 0 Å². The van der Waals surface area contributed by atoms with Crippen LogP contribution < -0.4 is 10.4 Å². The highest BCUT2D eigenvalue weighted by Crippen LogP contribution is 2.22. The third-order valence-corrected chi connectivity index (χ3v) is 2.64. The summed E-state index contributed by atoms with van der Waals surface area (Å²) in [5.74, 6) is -0.219. The molecule has 6 nitrogen and oxygen atoms in total. The minimum atomic E-state index is -0.219. The number of hydrogen-bond acceptors (Lipinski definition) is 4. The van der Waals surface area contributed by atoms with E-state index in [-0.39, 0.29) is 5.91 Å². The van der Waals surface area contributed by atoms with Crippen molar-refractivity contribution in [1.29, 1.82) is 0 Å². The second kappa shape index (κ2) is 5.34. The van der Waals surface area contributed by atoms with Crippen LogP contribution in [0.5, 0.6) is 0 Å². The first-order valence-corrected chi connectivity index (χ1v) is 5.73. The number of rotatable bonds is 4. The van der Waals surface area contributed by atoms with Crippen LogP contribution in [-0.4, -0.2) is 30.1 Å². The van der Waals surface area contributed by atoms with Gasteiger partial charge in [0.15, 0.2) is 0 Å². The number of benzene rings is 1. The van der Waals surface area contributed by atoms with Crippen LogP contribution in [0.2, 0.25) is 0 Å². The Kier molecular flexibility index (Phi) is 3.61. The molecule has 0 unspecified atom stereocenters. The first-order valence-electron chi connectivity index (χ1n) is 5.73. The van der Waals surface area contributed by atoms with E-state index in [1.807, 2.05) is 30.3 Å². The van der Waals surface area contributed by atoms with Crippen LogP contribution in [0.3, 0.4) is 0 Å². The molecule has 0 bridgehead atoms. The summed E-state index contributed by atoms with van der Waals surface area (Å²) in [4.78, 5) is 22.6. The molecule has 98 valence electrons. The normalized spacial score (nSPS) is 16.5. The molecule has 0 fully saturated rings. The molecule has 0 saturated heterocycles. The SMILES string of the molecule is CC1=NN(c2ccccc2)C(=O)/C1=C\N(C)NC=O. The number of hydrazine groups is 1. The Labute approximate surface area is 111 Å². The molecule has 1 N–H and O–H groups in total. The molecule has 6 heteroatoms. The van der Waals surface area contributed by atoms with Gasteiger partial charge in [0.1, 0.15) is 0 Å². The van der Waals surface area contributed by atoms with E-state index in [1.165, 1.54) is 10.0 Å². The Bertz CT molecular complexity index is 551. The van der Waals surface area contributed by atoms with Crippen molar-refractivity contribution < 1.29 is 9.59 Å². The summed E-state index contributed by atoms with van der Waals surface area (Å²) in [5.41, 5.74) is 4.18. The fourth-order valence-corrected chi connectivity index (χ4v) is 1.73. The Morgan fingerprint density at radius 2 is 2.00 bits per heavy atom. The lowest BCUT2D eigenvalue weighted by atomic mass is 10.2. The van der Waals surface area contributed by atoms with Crippen LogP contribution in [0.15, 0.2) is 47.2 Å². The quantitative estimate of drug-likeness (QED) is 0.495. The van der Waals surface area contributed by atoms with Gasteiger partial charge in [-0.2, -0.15) is 10.1 Å². The first kappa shape index (κ1) is 12.8. The number of para-hydroxylation sites is 1. The fourth-order valence-electron chi connectivity index (χ4n) is 1.73. The van der Waals surface area contributed by atoms with Gasteiger partial charge < -0.3 is 0 Å². The Morgan fingerprint density at radius 3 is 2.63 bits per heavy atom. The van der Waals surface area contributed by atoms with E-state index in [9.17, 15) is 9.59 Å². The van der Waals surface area contributed by atoms with E-state index in [0.717, 1.165) is 0 Å². The largest absolute Gasteiger partial charge is 0.295 e.